The van der Waals surface area contributed by atoms with Crippen molar-refractivity contribution in [2.75, 3.05) is 37.6 Å². The highest BCUT2D eigenvalue weighted by atomic mass is 35.5. The molecular formula is C25H29ClFN3O3. The lowest BCUT2D eigenvalue weighted by Gasteiger charge is -2.33. The van der Waals surface area contributed by atoms with Gasteiger partial charge in [-0.05, 0) is 63.7 Å². The van der Waals surface area contributed by atoms with Crippen molar-refractivity contribution in [2.24, 2.45) is 0 Å². The van der Waals surface area contributed by atoms with E-state index in [-0.39, 0.29) is 17.0 Å². The largest absolute Gasteiger partial charge is 0.477 e. The van der Waals surface area contributed by atoms with Gasteiger partial charge in [-0.1, -0.05) is 23.6 Å². The number of carboxylic acid groups (broad SMARTS) is 1. The number of hydrogen-bond acceptors (Lipinski definition) is 4. The summed E-state index contributed by atoms with van der Waals surface area (Å²) in [6.45, 7) is 4.33. The van der Waals surface area contributed by atoms with Gasteiger partial charge in [-0.2, -0.15) is 0 Å². The van der Waals surface area contributed by atoms with Gasteiger partial charge in [0.15, 0.2) is 0 Å². The predicted octanol–water partition coefficient (Wildman–Crippen LogP) is 4.75. The maximum atomic E-state index is 15.1. The zero-order valence-corrected chi connectivity index (χ0v) is 19.4. The van der Waals surface area contributed by atoms with E-state index in [1.165, 1.54) is 37.1 Å². The van der Waals surface area contributed by atoms with Crippen molar-refractivity contribution in [2.45, 2.75) is 51.0 Å². The van der Waals surface area contributed by atoms with Crippen LogP contribution in [0.2, 0.25) is 0 Å². The van der Waals surface area contributed by atoms with Crippen LogP contribution in [0.15, 0.2) is 33.7 Å². The number of rotatable bonds is 5. The first-order valence-electron chi connectivity index (χ1n) is 11.9. The van der Waals surface area contributed by atoms with Crippen LogP contribution in [0.4, 0.5) is 10.1 Å². The van der Waals surface area contributed by atoms with Crippen LogP contribution in [0.5, 0.6) is 0 Å². The van der Waals surface area contributed by atoms with E-state index < -0.39 is 17.2 Å². The lowest BCUT2D eigenvalue weighted by Crippen LogP contribution is -2.34. The molecule has 0 radical (unpaired) electrons. The minimum absolute atomic E-state index is 0.130. The summed E-state index contributed by atoms with van der Waals surface area (Å²) in [6, 6.07) is 3.10. The fourth-order valence-electron chi connectivity index (χ4n) is 5.12. The van der Waals surface area contributed by atoms with Gasteiger partial charge < -0.3 is 14.6 Å². The Morgan fingerprint density at radius 2 is 1.79 bits per heavy atom. The first-order chi connectivity index (χ1) is 15.9. The van der Waals surface area contributed by atoms with E-state index in [1.807, 2.05) is 9.47 Å². The average Bonchev–Trinajstić information content (AvgIpc) is 3.65. The predicted molar refractivity (Wildman–Crippen MR) is 128 cm³/mol. The van der Waals surface area contributed by atoms with Gasteiger partial charge in [0.2, 0.25) is 5.43 Å². The minimum atomic E-state index is -1.28. The van der Waals surface area contributed by atoms with Gasteiger partial charge in [-0.3, -0.25) is 9.69 Å². The molecule has 5 rings (SSSR count). The van der Waals surface area contributed by atoms with Crippen molar-refractivity contribution in [1.82, 2.24) is 9.47 Å². The topological polar surface area (TPSA) is 65.8 Å². The van der Waals surface area contributed by atoms with Crippen molar-refractivity contribution in [3.05, 3.63) is 50.5 Å². The first kappa shape index (κ1) is 22.4. The smallest absolute Gasteiger partial charge is 0.341 e. The molecule has 2 saturated heterocycles. The maximum Gasteiger partial charge on any atom is 0.341 e. The lowest BCUT2D eigenvalue weighted by molar-refractivity contribution is 0.0695. The highest BCUT2D eigenvalue weighted by molar-refractivity contribution is 6.30. The van der Waals surface area contributed by atoms with E-state index >= 15 is 4.39 Å². The Morgan fingerprint density at radius 3 is 2.42 bits per heavy atom. The fourth-order valence-corrected chi connectivity index (χ4v) is 5.48. The summed E-state index contributed by atoms with van der Waals surface area (Å²) in [5, 5.41) is 10.5. The van der Waals surface area contributed by atoms with E-state index in [0.717, 1.165) is 50.3 Å². The molecule has 1 aliphatic carbocycles. The summed E-state index contributed by atoms with van der Waals surface area (Å²) in [5.74, 6) is -1.77. The molecule has 0 amide bonds. The summed E-state index contributed by atoms with van der Waals surface area (Å²) in [6.07, 6.45) is 8.61. The Bertz CT molecular complexity index is 1170. The third-order valence-electron chi connectivity index (χ3n) is 7.17. The molecule has 1 N–H and O–H groups in total. The van der Waals surface area contributed by atoms with Crippen LogP contribution in [-0.4, -0.2) is 53.3 Å². The molecular weight excluding hydrogens is 445 g/mol. The highest BCUT2D eigenvalue weighted by Crippen LogP contribution is 2.38. The van der Waals surface area contributed by atoms with Crippen molar-refractivity contribution < 1.29 is 14.3 Å². The van der Waals surface area contributed by atoms with Gasteiger partial charge in [0.05, 0.1) is 11.2 Å². The number of fused-ring (bicyclic) bond motifs is 1. The van der Waals surface area contributed by atoms with Gasteiger partial charge in [-0.25, -0.2) is 9.18 Å². The van der Waals surface area contributed by atoms with Crippen LogP contribution in [0.3, 0.4) is 0 Å². The average molecular weight is 474 g/mol. The molecule has 0 atom stereocenters. The molecule has 0 unspecified atom stereocenters. The molecule has 3 heterocycles. The molecule has 2 aromatic rings. The Hall–Kier alpha value is -2.38. The summed E-state index contributed by atoms with van der Waals surface area (Å²) >= 11 is 6.68. The number of anilines is 1. The van der Waals surface area contributed by atoms with E-state index in [2.05, 4.69) is 4.90 Å². The molecule has 2 aliphatic heterocycles. The number of hydrogen-bond donors (Lipinski definition) is 1. The summed E-state index contributed by atoms with van der Waals surface area (Å²) < 4.78 is 17.0. The molecule has 6 nitrogen and oxygen atoms in total. The highest BCUT2D eigenvalue weighted by Gasteiger charge is 2.28. The number of carboxylic acids is 1. The minimum Gasteiger partial charge on any atom is -0.477 e. The SMILES string of the molecule is O=C(O)c1cn(C2CC2)c2cc(N3CCC(=C(Cl)CN4CCCCC4)CC3)c(F)cc2c1=O. The number of halogens is 2. The van der Waals surface area contributed by atoms with Crippen LogP contribution < -0.4 is 10.3 Å². The molecule has 3 aliphatic rings. The number of carbonyl (C=O) groups is 1. The summed E-state index contributed by atoms with van der Waals surface area (Å²) in [7, 11) is 0. The number of aromatic nitrogens is 1. The quantitative estimate of drug-likeness (QED) is 0.678. The lowest BCUT2D eigenvalue weighted by atomic mass is 10.0. The Balaban J connectivity index is 1.40. The molecule has 3 fully saturated rings. The van der Waals surface area contributed by atoms with Crippen molar-refractivity contribution in [3.63, 3.8) is 0 Å². The second-order valence-electron chi connectivity index (χ2n) is 9.47. The zero-order valence-electron chi connectivity index (χ0n) is 18.7. The standard InChI is InChI=1S/C25H29ClFN3O3/c26-20(15-28-8-2-1-3-9-28)16-6-10-29(11-7-16)23-13-22-18(12-21(23)27)24(31)19(25(32)33)14-30(22)17-4-5-17/h12-14,17H,1-11,15H2,(H,32,33). The van der Waals surface area contributed by atoms with Crippen LogP contribution in [0.1, 0.15) is 61.3 Å². The van der Waals surface area contributed by atoms with Crippen molar-refractivity contribution in [1.29, 1.82) is 0 Å². The Labute approximate surface area is 197 Å². The molecule has 0 bridgehead atoms. The second-order valence-corrected chi connectivity index (χ2v) is 9.92. The number of benzene rings is 1. The third kappa shape index (κ3) is 4.53. The molecule has 8 heteroatoms. The van der Waals surface area contributed by atoms with E-state index in [4.69, 9.17) is 11.6 Å². The van der Waals surface area contributed by atoms with Crippen molar-refractivity contribution in [3.8, 4) is 0 Å². The van der Waals surface area contributed by atoms with Crippen LogP contribution in [0.25, 0.3) is 10.9 Å². The van der Waals surface area contributed by atoms with Gasteiger partial charge in [0.1, 0.15) is 11.4 Å². The van der Waals surface area contributed by atoms with E-state index in [1.54, 1.807) is 6.07 Å². The molecule has 0 spiro atoms. The van der Waals surface area contributed by atoms with E-state index in [9.17, 15) is 14.7 Å². The van der Waals surface area contributed by atoms with Crippen LogP contribution in [-0.2, 0) is 0 Å². The third-order valence-corrected chi connectivity index (χ3v) is 7.56. The molecule has 1 aromatic heterocycles. The number of piperidine rings is 2. The normalized spacial score (nSPS) is 19.8. The monoisotopic (exact) mass is 473 g/mol. The molecule has 33 heavy (non-hydrogen) atoms. The summed E-state index contributed by atoms with van der Waals surface area (Å²) in [5.41, 5.74) is 1.38. The number of likely N-dealkylation sites (tertiary alicyclic amines) is 1. The van der Waals surface area contributed by atoms with Gasteiger partial charge in [0, 0.05) is 42.3 Å². The number of nitrogens with zero attached hydrogens (tertiary/aromatic N) is 3. The second kappa shape index (κ2) is 9.11. The van der Waals surface area contributed by atoms with E-state index in [0.29, 0.717) is 24.3 Å². The molecule has 176 valence electrons. The van der Waals surface area contributed by atoms with Crippen LogP contribution >= 0.6 is 11.6 Å². The maximum absolute atomic E-state index is 15.1. The molecule has 1 saturated carbocycles. The Morgan fingerprint density at radius 1 is 1.09 bits per heavy atom. The number of pyridine rings is 1. The van der Waals surface area contributed by atoms with Gasteiger partial charge >= 0.3 is 5.97 Å². The van der Waals surface area contributed by atoms with Gasteiger partial charge in [0.25, 0.3) is 0 Å². The fraction of sp³-hybridized carbons (Fsp3) is 0.520. The Kier molecular flexibility index (Phi) is 6.18. The summed E-state index contributed by atoms with van der Waals surface area (Å²) in [4.78, 5) is 28.6. The van der Waals surface area contributed by atoms with Crippen molar-refractivity contribution >= 4 is 34.2 Å². The first-order valence-corrected chi connectivity index (χ1v) is 12.3. The zero-order chi connectivity index (χ0) is 23.1. The van der Waals surface area contributed by atoms with Gasteiger partial charge in [-0.15, -0.1) is 0 Å². The number of aromatic carboxylic acids is 1. The van der Waals surface area contributed by atoms with Crippen LogP contribution in [0, 0.1) is 5.82 Å². The molecule has 1 aromatic carbocycles.